The van der Waals surface area contributed by atoms with Crippen LogP contribution in [0.2, 0.25) is 0 Å². The van der Waals surface area contributed by atoms with Gasteiger partial charge in [0.2, 0.25) is 5.91 Å². The minimum atomic E-state index is -0.221. The van der Waals surface area contributed by atoms with Crippen molar-refractivity contribution in [2.75, 3.05) is 24.6 Å². The monoisotopic (exact) mass is 186 g/mol. The minimum absolute atomic E-state index is 0.209. The van der Waals surface area contributed by atoms with Crippen LogP contribution in [-0.2, 0) is 4.79 Å². The van der Waals surface area contributed by atoms with E-state index in [1.54, 1.807) is 0 Å². The average molecular weight is 186 g/mol. The molecule has 0 aliphatic carbocycles. The molecule has 1 unspecified atom stereocenters. The summed E-state index contributed by atoms with van der Waals surface area (Å²) in [6, 6.07) is 0. The zero-order valence-corrected chi connectivity index (χ0v) is 7.88. The van der Waals surface area contributed by atoms with Gasteiger partial charge in [-0.2, -0.15) is 11.8 Å². The van der Waals surface area contributed by atoms with Crippen molar-refractivity contribution < 1.29 is 4.79 Å². The molecule has 0 aromatic carbocycles. The van der Waals surface area contributed by atoms with Gasteiger partial charge in [0.05, 0.1) is 0 Å². The first kappa shape index (κ1) is 8.38. The Morgan fingerprint density at radius 1 is 1.42 bits per heavy atom. The lowest BCUT2D eigenvalue weighted by Crippen LogP contribution is -2.65. The molecule has 0 aromatic heterocycles. The fraction of sp³-hybridized carbons (Fsp3) is 0.875. The summed E-state index contributed by atoms with van der Waals surface area (Å²) in [6.07, 6.45) is 2.16. The lowest BCUT2D eigenvalue weighted by atomic mass is 9.92. The Bertz CT molecular complexity index is 181. The molecule has 2 N–H and O–H groups in total. The third kappa shape index (κ3) is 1.33. The number of hydrogen-bond acceptors (Lipinski definition) is 3. The molecular weight excluding hydrogens is 172 g/mol. The standard InChI is InChI=1S/C8H14N2OS/c11-7-8(10-4-3-9-7)2-1-5-12-6-8/h10H,1-6H2,(H,9,11). The molecule has 3 nitrogen and oxygen atoms in total. The molecule has 4 heteroatoms. The van der Waals surface area contributed by atoms with Gasteiger partial charge in [-0.15, -0.1) is 0 Å². The highest BCUT2D eigenvalue weighted by Gasteiger charge is 2.40. The second-order valence-electron chi connectivity index (χ2n) is 3.42. The Balaban J connectivity index is 2.09. The van der Waals surface area contributed by atoms with Crippen LogP contribution in [-0.4, -0.2) is 36.0 Å². The van der Waals surface area contributed by atoms with Gasteiger partial charge in [0, 0.05) is 18.8 Å². The predicted octanol–water partition coefficient (Wildman–Crippen LogP) is -0.0284. The maximum absolute atomic E-state index is 11.6. The topological polar surface area (TPSA) is 41.1 Å². The minimum Gasteiger partial charge on any atom is -0.353 e. The molecule has 68 valence electrons. The normalized spacial score (nSPS) is 36.5. The van der Waals surface area contributed by atoms with Gasteiger partial charge in [-0.3, -0.25) is 4.79 Å². The largest absolute Gasteiger partial charge is 0.353 e. The van der Waals surface area contributed by atoms with Gasteiger partial charge in [0.15, 0.2) is 0 Å². The molecule has 1 spiro atoms. The van der Waals surface area contributed by atoms with Crippen molar-refractivity contribution in [1.82, 2.24) is 10.6 Å². The second-order valence-corrected chi connectivity index (χ2v) is 4.53. The van der Waals surface area contributed by atoms with Gasteiger partial charge in [-0.05, 0) is 18.6 Å². The first-order chi connectivity index (χ1) is 5.83. The van der Waals surface area contributed by atoms with Crippen molar-refractivity contribution in [3.05, 3.63) is 0 Å². The zero-order valence-electron chi connectivity index (χ0n) is 7.06. The van der Waals surface area contributed by atoms with E-state index >= 15 is 0 Å². The van der Waals surface area contributed by atoms with E-state index in [4.69, 9.17) is 0 Å². The van der Waals surface area contributed by atoms with Crippen molar-refractivity contribution in [2.45, 2.75) is 18.4 Å². The summed E-state index contributed by atoms with van der Waals surface area (Å²) < 4.78 is 0. The molecular formula is C8H14N2OS. The maximum Gasteiger partial charge on any atom is 0.241 e. The van der Waals surface area contributed by atoms with Crippen molar-refractivity contribution in [2.24, 2.45) is 0 Å². The SMILES string of the molecule is O=C1NCCNC12CCCSC2. The summed E-state index contributed by atoms with van der Waals surface area (Å²) in [6.45, 7) is 1.71. The Morgan fingerprint density at radius 2 is 2.33 bits per heavy atom. The summed E-state index contributed by atoms with van der Waals surface area (Å²) in [7, 11) is 0. The smallest absolute Gasteiger partial charge is 0.241 e. The van der Waals surface area contributed by atoms with E-state index in [0.717, 1.165) is 31.7 Å². The van der Waals surface area contributed by atoms with Crippen LogP contribution in [0, 0.1) is 0 Å². The number of carbonyl (C=O) groups excluding carboxylic acids is 1. The third-order valence-electron chi connectivity index (χ3n) is 2.55. The van der Waals surface area contributed by atoms with Crippen LogP contribution in [0.25, 0.3) is 0 Å². The van der Waals surface area contributed by atoms with Gasteiger partial charge in [-0.25, -0.2) is 0 Å². The molecule has 1 amide bonds. The Morgan fingerprint density at radius 3 is 3.00 bits per heavy atom. The summed E-state index contributed by atoms with van der Waals surface area (Å²) in [4.78, 5) is 11.6. The zero-order chi connectivity index (χ0) is 8.44. The van der Waals surface area contributed by atoms with Gasteiger partial charge < -0.3 is 10.6 Å². The van der Waals surface area contributed by atoms with E-state index in [0.29, 0.717) is 0 Å². The van der Waals surface area contributed by atoms with Crippen LogP contribution in [0.4, 0.5) is 0 Å². The van der Waals surface area contributed by atoms with Gasteiger partial charge >= 0.3 is 0 Å². The number of thioether (sulfide) groups is 1. The maximum atomic E-state index is 11.6. The molecule has 1 atom stereocenters. The van der Waals surface area contributed by atoms with Crippen LogP contribution in [0.5, 0.6) is 0 Å². The van der Waals surface area contributed by atoms with E-state index in [2.05, 4.69) is 10.6 Å². The lowest BCUT2D eigenvalue weighted by molar-refractivity contribution is -0.128. The predicted molar refractivity (Wildman–Crippen MR) is 50.3 cm³/mol. The lowest BCUT2D eigenvalue weighted by Gasteiger charge is -2.39. The molecule has 2 aliphatic rings. The van der Waals surface area contributed by atoms with Gasteiger partial charge in [-0.1, -0.05) is 0 Å². The first-order valence-corrected chi connectivity index (χ1v) is 5.60. The highest BCUT2D eigenvalue weighted by molar-refractivity contribution is 7.99. The Hall–Kier alpha value is -0.220. The number of piperazine rings is 1. The summed E-state index contributed by atoms with van der Waals surface area (Å²) >= 11 is 1.88. The van der Waals surface area contributed by atoms with E-state index < -0.39 is 0 Å². The molecule has 0 radical (unpaired) electrons. The summed E-state index contributed by atoms with van der Waals surface area (Å²) in [5.41, 5.74) is -0.221. The molecule has 12 heavy (non-hydrogen) atoms. The van der Waals surface area contributed by atoms with E-state index in [1.165, 1.54) is 5.75 Å². The number of nitrogens with one attached hydrogen (secondary N) is 2. The molecule has 0 bridgehead atoms. The number of amides is 1. The molecule has 2 aliphatic heterocycles. The van der Waals surface area contributed by atoms with Crippen LogP contribution < -0.4 is 10.6 Å². The van der Waals surface area contributed by atoms with Crippen molar-refractivity contribution >= 4 is 17.7 Å². The van der Waals surface area contributed by atoms with Crippen molar-refractivity contribution in [3.63, 3.8) is 0 Å². The fourth-order valence-electron chi connectivity index (χ4n) is 1.84. The summed E-state index contributed by atoms with van der Waals surface area (Å²) in [5.74, 6) is 2.36. The average Bonchev–Trinajstić information content (AvgIpc) is 2.12. The molecule has 2 fully saturated rings. The van der Waals surface area contributed by atoms with Crippen LogP contribution in [0.15, 0.2) is 0 Å². The number of carbonyl (C=O) groups is 1. The van der Waals surface area contributed by atoms with Crippen molar-refractivity contribution in [1.29, 1.82) is 0 Å². The quantitative estimate of drug-likeness (QED) is 0.558. The highest BCUT2D eigenvalue weighted by atomic mass is 32.2. The van der Waals surface area contributed by atoms with Crippen LogP contribution in [0.1, 0.15) is 12.8 Å². The number of hydrogen-bond donors (Lipinski definition) is 2. The molecule has 2 saturated heterocycles. The van der Waals surface area contributed by atoms with Crippen LogP contribution >= 0.6 is 11.8 Å². The first-order valence-electron chi connectivity index (χ1n) is 4.45. The molecule has 0 saturated carbocycles. The van der Waals surface area contributed by atoms with E-state index in [1.807, 2.05) is 11.8 Å². The summed E-state index contributed by atoms with van der Waals surface area (Å²) in [5, 5.41) is 6.28. The Kier molecular flexibility index (Phi) is 2.28. The van der Waals surface area contributed by atoms with E-state index in [9.17, 15) is 4.79 Å². The third-order valence-corrected chi connectivity index (χ3v) is 3.82. The highest BCUT2D eigenvalue weighted by Crippen LogP contribution is 2.27. The van der Waals surface area contributed by atoms with Crippen molar-refractivity contribution in [3.8, 4) is 0 Å². The Labute approximate surface area is 76.7 Å². The molecule has 0 aromatic rings. The molecule has 2 heterocycles. The van der Waals surface area contributed by atoms with E-state index in [-0.39, 0.29) is 11.4 Å². The fourth-order valence-corrected chi connectivity index (χ4v) is 3.06. The molecule has 2 rings (SSSR count). The number of rotatable bonds is 0. The van der Waals surface area contributed by atoms with Gasteiger partial charge in [0.1, 0.15) is 5.54 Å². The van der Waals surface area contributed by atoms with Crippen LogP contribution in [0.3, 0.4) is 0 Å². The van der Waals surface area contributed by atoms with Gasteiger partial charge in [0.25, 0.3) is 0 Å². The second kappa shape index (κ2) is 3.26.